The lowest BCUT2D eigenvalue weighted by Crippen LogP contribution is -2.16. The van der Waals surface area contributed by atoms with E-state index >= 15 is 0 Å². The molecule has 1 aromatic rings. The first kappa shape index (κ1) is 14.0. The summed E-state index contributed by atoms with van der Waals surface area (Å²) in [5.41, 5.74) is 0.255. The van der Waals surface area contributed by atoms with Gasteiger partial charge in [0.15, 0.2) is 5.82 Å². The van der Waals surface area contributed by atoms with Crippen LogP contribution in [0.15, 0.2) is 4.52 Å². The van der Waals surface area contributed by atoms with Crippen LogP contribution in [0.4, 0.5) is 0 Å². The van der Waals surface area contributed by atoms with Gasteiger partial charge in [-0.25, -0.2) is 0 Å². The number of nitrogens with zero attached hydrogens (tertiary/aromatic N) is 2. The van der Waals surface area contributed by atoms with Gasteiger partial charge in [0.05, 0.1) is 6.61 Å². The summed E-state index contributed by atoms with van der Waals surface area (Å²) < 4.78 is 10.4. The van der Waals surface area contributed by atoms with Crippen molar-refractivity contribution in [3.05, 3.63) is 11.7 Å². The monoisotopic (exact) mass is 266 g/mol. The molecular formula is C14H22N2O3. The molecule has 0 aliphatic heterocycles. The fraction of sp³-hybridized carbons (Fsp3) is 0.786. The van der Waals surface area contributed by atoms with Gasteiger partial charge in [-0.15, -0.1) is 0 Å². The van der Waals surface area contributed by atoms with Crippen LogP contribution in [-0.2, 0) is 9.53 Å². The molecule has 0 radical (unpaired) electrons. The lowest BCUT2D eigenvalue weighted by molar-refractivity contribution is -0.145. The number of hydrogen-bond acceptors (Lipinski definition) is 5. The SMILES string of the molecule is CCCC(C(=O)OCC)c1nc(C2CC2(C)C)no1. The lowest BCUT2D eigenvalue weighted by atomic mass is 10.0. The van der Waals surface area contributed by atoms with Gasteiger partial charge in [-0.05, 0) is 25.2 Å². The Kier molecular flexibility index (Phi) is 3.92. The Morgan fingerprint density at radius 2 is 2.21 bits per heavy atom. The normalized spacial score (nSPS) is 22.0. The van der Waals surface area contributed by atoms with E-state index in [2.05, 4.69) is 24.0 Å². The second-order valence-electron chi connectivity index (χ2n) is 5.83. The highest BCUT2D eigenvalue weighted by atomic mass is 16.5. The van der Waals surface area contributed by atoms with Gasteiger partial charge < -0.3 is 9.26 Å². The smallest absolute Gasteiger partial charge is 0.318 e. The Balaban J connectivity index is 2.12. The Hall–Kier alpha value is -1.39. The molecule has 1 aliphatic rings. The summed E-state index contributed by atoms with van der Waals surface area (Å²) >= 11 is 0. The van der Waals surface area contributed by atoms with Gasteiger partial charge in [0.2, 0.25) is 5.89 Å². The predicted molar refractivity (Wildman–Crippen MR) is 69.7 cm³/mol. The first-order chi connectivity index (χ1) is 8.99. The van der Waals surface area contributed by atoms with Crippen LogP contribution >= 0.6 is 0 Å². The standard InChI is InChI=1S/C14H22N2O3/c1-5-7-9(13(17)18-6-2)12-15-11(16-19-12)10-8-14(10,3)4/h9-10H,5-8H2,1-4H3. The van der Waals surface area contributed by atoms with E-state index < -0.39 is 5.92 Å². The zero-order valence-corrected chi connectivity index (χ0v) is 12.1. The molecule has 19 heavy (non-hydrogen) atoms. The summed E-state index contributed by atoms with van der Waals surface area (Å²) in [6.45, 7) is 8.56. The van der Waals surface area contributed by atoms with E-state index in [4.69, 9.17) is 9.26 Å². The molecule has 5 heteroatoms. The van der Waals surface area contributed by atoms with Crippen LogP contribution in [-0.4, -0.2) is 22.7 Å². The molecule has 2 unspecified atom stereocenters. The molecule has 1 fully saturated rings. The number of carbonyl (C=O) groups excluding carboxylic acids is 1. The number of rotatable bonds is 6. The second-order valence-corrected chi connectivity index (χ2v) is 5.83. The quantitative estimate of drug-likeness (QED) is 0.740. The number of esters is 1. The van der Waals surface area contributed by atoms with Gasteiger partial charge >= 0.3 is 5.97 Å². The zero-order chi connectivity index (χ0) is 14.0. The summed E-state index contributed by atoms with van der Waals surface area (Å²) in [5, 5.41) is 4.03. The lowest BCUT2D eigenvalue weighted by Gasteiger charge is -2.09. The summed E-state index contributed by atoms with van der Waals surface area (Å²) in [7, 11) is 0. The molecule has 2 rings (SSSR count). The van der Waals surface area contributed by atoms with E-state index in [1.54, 1.807) is 6.92 Å². The van der Waals surface area contributed by atoms with Crippen molar-refractivity contribution in [3.8, 4) is 0 Å². The van der Waals surface area contributed by atoms with Gasteiger partial charge in [0.1, 0.15) is 5.92 Å². The molecule has 2 atom stereocenters. The zero-order valence-electron chi connectivity index (χ0n) is 12.1. The Bertz CT molecular complexity index is 453. The minimum atomic E-state index is -0.423. The van der Waals surface area contributed by atoms with E-state index in [1.165, 1.54) is 0 Å². The van der Waals surface area contributed by atoms with Gasteiger partial charge in [-0.1, -0.05) is 32.3 Å². The maximum atomic E-state index is 11.9. The molecule has 0 spiro atoms. The van der Waals surface area contributed by atoms with Gasteiger partial charge in [-0.3, -0.25) is 4.79 Å². The fourth-order valence-corrected chi connectivity index (χ4v) is 2.31. The van der Waals surface area contributed by atoms with Crippen molar-refractivity contribution in [1.29, 1.82) is 0 Å². The van der Waals surface area contributed by atoms with E-state index in [1.807, 2.05) is 6.92 Å². The van der Waals surface area contributed by atoms with Crippen molar-refractivity contribution in [2.24, 2.45) is 5.41 Å². The van der Waals surface area contributed by atoms with Crippen molar-refractivity contribution in [2.45, 2.75) is 58.8 Å². The molecule has 5 nitrogen and oxygen atoms in total. The molecule has 0 amide bonds. The molecule has 0 saturated heterocycles. The van der Waals surface area contributed by atoms with Crippen LogP contribution in [0, 0.1) is 5.41 Å². The summed E-state index contributed by atoms with van der Waals surface area (Å²) in [4.78, 5) is 16.3. The summed E-state index contributed by atoms with van der Waals surface area (Å²) in [6, 6.07) is 0. The van der Waals surface area contributed by atoms with Crippen LogP contribution in [0.1, 0.15) is 70.5 Å². The summed E-state index contributed by atoms with van der Waals surface area (Å²) in [5.74, 6) is 0.792. The molecule has 106 valence electrons. The van der Waals surface area contributed by atoms with Crippen molar-refractivity contribution in [3.63, 3.8) is 0 Å². The van der Waals surface area contributed by atoms with Crippen LogP contribution in [0.25, 0.3) is 0 Å². The molecule has 1 aromatic heterocycles. The third-order valence-corrected chi connectivity index (χ3v) is 3.73. The molecule has 0 bridgehead atoms. The van der Waals surface area contributed by atoms with E-state index in [0.29, 0.717) is 24.8 Å². The first-order valence-electron chi connectivity index (χ1n) is 6.99. The largest absolute Gasteiger partial charge is 0.465 e. The van der Waals surface area contributed by atoms with Crippen molar-refractivity contribution in [2.75, 3.05) is 6.61 Å². The van der Waals surface area contributed by atoms with E-state index in [0.717, 1.165) is 18.7 Å². The highest BCUT2D eigenvalue weighted by Crippen LogP contribution is 2.57. The number of ether oxygens (including phenoxy) is 1. The maximum Gasteiger partial charge on any atom is 0.318 e. The van der Waals surface area contributed by atoms with Gasteiger partial charge in [-0.2, -0.15) is 4.98 Å². The molecule has 1 aliphatic carbocycles. The Labute approximate surface area is 113 Å². The highest BCUT2D eigenvalue weighted by Gasteiger charge is 2.49. The third kappa shape index (κ3) is 2.96. The maximum absolute atomic E-state index is 11.9. The van der Waals surface area contributed by atoms with Gasteiger partial charge in [0.25, 0.3) is 0 Å². The fourth-order valence-electron chi connectivity index (χ4n) is 2.31. The molecule has 0 aromatic carbocycles. The van der Waals surface area contributed by atoms with Crippen molar-refractivity contribution < 1.29 is 14.1 Å². The Morgan fingerprint density at radius 1 is 1.53 bits per heavy atom. The number of aromatic nitrogens is 2. The minimum Gasteiger partial charge on any atom is -0.465 e. The van der Waals surface area contributed by atoms with Crippen molar-refractivity contribution in [1.82, 2.24) is 10.1 Å². The Morgan fingerprint density at radius 3 is 2.74 bits per heavy atom. The van der Waals surface area contributed by atoms with Crippen LogP contribution in [0.3, 0.4) is 0 Å². The highest BCUT2D eigenvalue weighted by molar-refractivity contribution is 5.76. The second kappa shape index (κ2) is 5.31. The third-order valence-electron chi connectivity index (χ3n) is 3.73. The van der Waals surface area contributed by atoms with Gasteiger partial charge in [0, 0.05) is 5.92 Å². The van der Waals surface area contributed by atoms with Crippen LogP contribution in [0.2, 0.25) is 0 Å². The average molecular weight is 266 g/mol. The molecule has 0 N–H and O–H groups in total. The van der Waals surface area contributed by atoms with Crippen LogP contribution in [0.5, 0.6) is 0 Å². The predicted octanol–water partition coefficient (Wildman–Crippen LogP) is 3.03. The molecular weight excluding hydrogens is 244 g/mol. The van der Waals surface area contributed by atoms with E-state index in [9.17, 15) is 4.79 Å². The number of carbonyl (C=O) groups is 1. The van der Waals surface area contributed by atoms with Crippen molar-refractivity contribution >= 4 is 5.97 Å². The summed E-state index contributed by atoms with van der Waals surface area (Å²) in [6.07, 6.45) is 2.62. The van der Waals surface area contributed by atoms with Crippen LogP contribution < -0.4 is 0 Å². The first-order valence-corrected chi connectivity index (χ1v) is 6.99. The minimum absolute atomic E-state index is 0.255. The topological polar surface area (TPSA) is 65.2 Å². The number of hydrogen-bond donors (Lipinski definition) is 0. The molecule has 1 heterocycles. The van der Waals surface area contributed by atoms with E-state index in [-0.39, 0.29) is 11.4 Å². The molecule has 1 saturated carbocycles. The average Bonchev–Trinajstić information content (AvgIpc) is 2.77.